The van der Waals surface area contributed by atoms with Crippen LogP contribution in [0.5, 0.6) is 0 Å². The molecule has 3 rings (SSSR count). The third kappa shape index (κ3) is 6.45. The molecule has 1 aromatic heterocycles. The van der Waals surface area contributed by atoms with E-state index in [9.17, 15) is 23.1 Å². The zero-order chi connectivity index (χ0) is 25.8. The summed E-state index contributed by atoms with van der Waals surface area (Å²) in [6.45, 7) is 4.22. The van der Waals surface area contributed by atoms with Crippen molar-refractivity contribution in [3.63, 3.8) is 0 Å². The molecule has 190 valence electrons. The zero-order valence-corrected chi connectivity index (χ0v) is 20.7. The van der Waals surface area contributed by atoms with Crippen molar-refractivity contribution in [2.24, 2.45) is 22.4 Å². The van der Waals surface area contributed by atoms with Crippen molar-refractivity contribution in [1.29, 1.82) is 0 Å². The van der Waals surface area contributed by atoms with Gasteiger partial charge in [-0.2, -0.15) is 4.72 Å². The maximum absolute atomic E-state index is 13.5. The first-order chi connectivity index (χ1) is 16.5. The molecule has 0 radical (unpaired) electrons. The van der Waals surface area contributed by atoms with Gasteiger partial charge in [0, 0.05) is 24.7 Å². The minimum atomic E-state index is -4.18. The number of likely N-dealkylation sites (tertiary alicyclic amines) is 1. The Hall–Kier alpha value is -3.25. The highest BCUT2D eigenvalue weighted by Crippen LogP contribution is 2.26. The van der Waals surface area contributed by atoms with Gasteiger partial charge in [-0.15, -0.1) is 0 Å². The molecule has 35 heavy (non-hydrogen) atoms. The van der Waals surface area contributed by atoms with Crippen LogP contribution >= 0.6 is 0 Å². The Morgan fingerprint density at radius 2 is 2.09 bits per heavy atom. The Balaban J connectivity index is 1.92. The number of nitrogens with one attached hydrogen (secondary N) is 1. The maximum atomic E-state index is 13.5. The van der Waals surface area contributed by atoms with Crippen LogP contribution in [0.25, 0.3) is 10.9 Å². The molecule has 2 heterocycles. The lowest BCUT2D eigenvalue weighted by atomic mass is 9.91. The quantitative estimate of drug-likeness (QED) is 0.221. The fraction of sp³-hybridized carbons (Fsp3) is 0.478. The standard InChI is InChI=1S/C23H32N6O5S/c1-14-8-10-29(18(12-14)22(31)32)21(30)17(6-4-9-26-23(24)25)28-35(33,34)19-7-3-5-16-11-15(2)13-27-20(16)19/h3,5,7,11,13-14,17-18,28H,4,6,8-10,12H2,1-2H3,(H,31,32)(H4,24,25,26)/t14-,17?,18-/m1/s1. The molecule has 1 unspecified atom stereocenters. The second-order valence-electron chi connectivity index (χ2n) is 8.98. The van der Waals surface area contributed by atoms with Gasteiger partial charge in [-0.1, -0.05) is 19.1 Å². The Kier molecular flexibility index (Phi) is 8.28. The molecule has 6 N–H and O–H groups in total. The highest BCUT2D eigenvalue weighted by atomic mass is 32.2. The number of benzene rings is 1. The number of para-hydroxylation sites is 1. The predicted octanol–water partition coefficient (Wildman–Crippen LogP) is 0.955. The zero-order valence-electron chi connectivity index (χ0n) is 19.8. The fourth-order valence-corrected chi connectivity index (χ4v) is 5.69. The summed E-state index contributed by atoms with van der Waals surface area (Å²) in [5, 5.41) is 10.3. The summed E-state index contributed by atoms with van der Waals surface area (Å²) in [4.78, 5) is 34.8. The molecule has 1 aromatic carbocycles. The molecule has 1 aliphatic rings. The summed E-state index contributed by atoms with van der Waals surface area (Å²) in [7, 11) is -4.18. The number of piperidine rings is 1. The van der Waals surface area contributed by atoms with Crippen LogP contribution in [0.3, 0.4) is 0 Å². The van der Waals surface area contributed by atoms with Crippen molar-refractivity contribution in [3.8, 4) is 0 Å². The minimum Gasteiger partial charge on any atom is -0.480 e. The minimum absolute atomic E-state index is 0.0564. The number of nitrogens with zero attached hydrogens (tertiary/aromatic N) is 3. The van der Waals surface area contributed by atoms with E-state index < -0.39 is 34.0 Å². The van der Waals surface area contributed by atoms with Gasteiger partial charge in [0.25, 0.3) is 0 Å². The topological polar surface area (TPSA) is 181 Å². The Bertz CT molecular complexity index is 1230. The Labute approximate surface area is 204 Å². The van der Waals surface area contributed by atoms with Crippen molar-refractivity contribution >= 4 is 38.8 Å². The number of carbonyl (C=O) groups excluding carboxylic acids is 1. The molecule has 3 atom stereocenters. The van der Waals surface area contributed by atoms with Gasteiger partial charge in [0.15, 0.2) is 5.96 Å². The predicted molar refractivity (Wildman–Crippen MR) is 132 cm³/mol. The number of rotatable bonds is 9. The van der Waals surface area contributed by atoms with E-state index in [4.69, 9.17) is 11.5 Å². The molecule has 11 nitrogen and oxygen atoms in total. The highest BCUT2D eigenvalue weighted by molar-refractivity contribution is 7.89. The number of carboxylic acids is 1. The van der Waals surface area contributed by atoms with Crippen molar-refractivity contribution in [3.05, 3.63) is 36.0 Å². The average Bonchev–Trinajstić information content (AvgIpc) is 2.79. The van der Waals surface area contributed by atoms with Crippen molar-refractivity contribution in [1.82, 2.24) is 14.6 Å². The van der Waals surface area contributed by atoms with E-state index >= 15 is 0 Å². The number of aliphatic imine (C=N–C) groups is 1. The van der Waals surface area contributed by atoms with Crippen molar-refractivity contribution in [2.75, 3.05) is 13.1 Å². The summed E-state index contributed by atoms with van der Waals surface area (Å²) in [6.07, 6.45) is 2.92. The molecule has 1 aliphatic heterocycles. The van der Waals surface area contributed by atoms with Gasteiger partial charge < -0.3 is 21.5 Å². The lowest BCUT2D eigenvalue weighted by Crippen LogP contribution is -2.56. The molecule has 1 fully saturated rings. The van der Waals surface area contributed by atoms with Gasteiger partial charge in [0.2, 0.25) is 15.9 Å². The normalized spacial score (nSPS) is 19.3. The number of fused-ring (bicyclic) bond motifs is 1. The monoisotopic (exact) mass is 504 g/mol. The smallest absolute Gasteiger partial charge is 0.326 e. The molecular formula is C23H32N6O5S. The maximum Gasteiger partial charge on any atom is 0.326 e. The molecule has 0 bridgehead atoms. The number of sulfonamides is 1. The second kappa shape index (κ2) is 11.0. The Morgan fingerprint density at radius 3 is 2.77 bits per heavy atom. The lowest BCUT2D eigenvalue weighted by Gasteiger charge is -2.38. The molecule has 0 saturated carbocycles. The first kappa shape index (κ1) is 26.4. The number of pyridine rings is 1. The molecule has 0 aliphatic carbocycles. The van der Waals surface area contributed by atoms with Gasteiger partial charge in [-0.3, -0.25) is 14.8 Å². The van der Waals surface area contributed by atoms with Crippen molar-refractivity contribution < 1.29 is 23.1 Å². The largest absolute Gasteiger partial charge is 0.480 e. The van der Waals surface area contributed by atoms with Gasteiger partial charge in [-0.25, -0.2) is 13.2 Å². The van der Waals surface area contributed by atoms with E-state index in [-0.39, 0.29) is 41.8 Å². The van der Waals surface area contributed by atoms with Gasteiger partial charge in [-0.05, 0) is 56.2 Å². The van der Waals surface area contributed by atoms with Crippen LogP contribution in [0.15, 0.2) is 40.4 Å². The number of aliphatic carboxylic acids is 1. The molecule has 2 aromatic rings. The highest BCUT2D eigenvalue weighted by Gasteiger charge is 2.39. The SMILES string of the molecule is Cc1cnc2c(S(=O)(=O)NC(CCCN=C(N)N)C(=O)N3CC[C@@H](C)C[C@@H]3C(=O)O)cccc2c1. The third-order valence-electron chi connectivity index (χ3n) is 6.07. The first-order valence-electron chi connectivity index (χ1n) is 11.5. The number of amides is 1. The second-order valence-corrected chi connectivity index (χ2v) is 10.7. The molecular weight excluding hydrogens is 472 g/mol. The van der Waals surface area contributed by atoms with E-state index in [0.717, 1.165) is 5.56 Å². The average molecular weight is 505 g/mol. The molecule has 0 spiro atoms. The summed E-state index contributed by atoms with van der Waals surface area (Å²) >= 11 is 0. The summed E-state index contributed by atoms with van der Waals surface area (Å²) < 4.78 is 29.4. The van der Waals surface area contributed by atoms with E-state index in [2.05, 4.69) is 14.7 Å². The van der Waals surface area contributed by atoms with Crippen LogP contribution in [-0.4, -0.2) is 66.4 Å². The number of nitrogens with two attached hydrogens (primary N) is 2. The number of guanidine groups is 1. The number of aryl methyl sites for hydroxylation is 1. The summed E-state index contributed by atoms with van der Waals surface area (Å²) in [6, 6.07) is 4.42. The van der Waals surface area contributed by atoms with Crippen LogP contribution in [0.1, 0.15) is 38.2 Å². The fourth-order valence-electron chi connectivity index (χ4n) is 4.29. The Morgan fingerprint density at radius 1 is 1.34 bits per heavy atom. The molecule has 1 saturated heterocycles. The number of carbonyl (C=O) groups is 2. The van der Waals surface area contributed by atoms with Crippen molar-refractivity contribution in [2.45, 2.75) is 56.5 Å². The summed E-state index contributed by atoms with van der Waals surface area (Å²) in [5.74, 6) is -1.66. The van der Waals surface area contributed by atoms with E-state index in [1.165, 1.54) is 11.0 Å². The molecule has 12 heteroatoms. The van der Waals surface area contributed by atoms with Crippen LogP contribution < -0.4 is 16.2 Å². The van der Waals surface area contributed by atoms with Crippen LogP contribution in [-0.2, 0) is 19.6 Å². The van der Waals surface area contributed by atoms with E-state index in [1.54, 1.807) is 18.3 Å². The third-order valence-corrected chi connectivity index (χ3v) is 7.58. The van der Waals surface area contributed by atoms with Crippen LogP contribution in [0, 0.1) is 12.8 Å². The van der Waals surface area contributed by atoms with Crippen LogP contribution in [0.2, 0.25) is 0 Å². The van der Waals surface area contributed by atoms with Gasteiger partial charge >= 0.3 is 5.97 Å². The van der Waals surface area contributed by atoms with E-state index in [0.29, 0.717) is 24.6 Å². The first-order valence-corrected chi connectivity index (χ1v) is 12.9. The van der Waals surface area contributed by atoms with E-state index in [1.807, 2.05) is 19.9 Å². The number of carboxylic acid groups (broad SMARTS) is 1. The number of hydrogen-bond acceptors (Lipinski definition) is 6. The lowest BCUT2D eigenvalue weighted by molar-refractivity contribution is -0.153. The number of aromatic nitrogens is 1. The van der Waals surface area contributed by atoms with Crippen LogP contribution in [0.4, 0.5) is 0 Å². The van der Waals surface area contributed by atoms with Gasteiger partial charge in [0.1, 0.15) is 17.0 Å². The van der Waals surface area contributed by atoms with Gasteiger partial charge in [0.05, 0.1) is 5.52 Å². The molecule has 1 amide bonds. The summed E-state index contributed by atoms with van der Waals surface area (Å²) in [5.41, 5.74) is 11.9. The number of hydrogen-bond donors (Lipinski definition) is 4.